The molecule has 0 aromatic carbocycles. The molecule has 0 bridgehead atoms. The van der Waals surface area contributed by atoms with Gasteiger partial charge in [0.05, 0.1) is 13.1 Å². The number of carboxylic acids is 1. The molecule has 0 spiro atoms. The van der Waals surface area contributed by atoms with Gasteiger partial charge in [-0.3, -0.25) is 19.1 Å². The second-order valence-corrected chi connectivity index (χ2v) is 2.60. The lowest BCUT2D eigenvalue weighted by Gasteiger charge is -2.04. The first-order valence-electron chi connectivity index (χ1n) is 3.68. The van der Waals surface area contributed by atoms with Crippen LogP contribution in [-0.2, 0) is 14.4 Å². The number of carboxylic acid groups (broad SMARTS) is 1. The molecule has 80 valence electrons. The highest BCUT2D eigenvalue weighted by atomic mass is 32.1. The number of hydrogen-bond donors (Lipinski definition) is 5. The van der Waals surface area contributed by atoms with E-state index in [1.165, 1.54) is 0 Å². The van der Waals surface area contributed by atoms with Gasteiger partial charge in [-0.1, -0.05) is 12.8 Å². The Morgan fingerprint density at radius 1 is 1.00 bits per heavy atom. The average molecular weight is 221 g/mol. The molecule has 0 fully saturated rings. The summed E-state index contributed by atoms with van der Waals surface area (Å²) in [6.45, 7) is -0.726. The quantitative estimate of drug-likeness (QED) is 0.325. The van der Waals surface area contributed by atoms with Crippen molar-refractivity contribution in [1.29, 1.82) is 0 Å². The van der Waals surface area contributed by atoms with Gasteiger partial charge in [0.25, 0.3) is 0 Å². The molecule has 14 heavy (non-hydrogen) atoms. The van der Waals surface area contributed by atoms with E-state index >= 15 is 0 Å². The molecule has 0 saturated heterocycles. The lowest BCUT2D eigenvalue weighted by atomic mass is 10.5. The van der Waals surface area contributed by atoms with Gasteiger partial charge in [0.1, 0.15) is 6.54 Å². The van der Waals surface area contributed by atoms with Crippen LogP contribution < -0.4 is 15.4 Å². The third-order valence-electron chi connectivity index (χ3n) is 1.12. The summed E-state index contributed by atoms with van der Waals surface area (Å²) in [4.78, 5) is 31.6. The van der Waals surface area contributed by atoms with E-state index in [0.717, 1.165) is 0 Å². The summed E-state index contributed by atoms with van der Waals surface area (Å²) in [5.41, 5.74) is 0. The zero-order valence-corrected chi connectivity index (χ0v) is 8.13. The van der Waals surface area contributed by atoms with Crippen molar-refractivity contribution in [3.8, 4) is 0 Å². The van der Waals surface area contributed by atoms with Crippen LogP contribution in [0.4, 0.5) is 0 Å². The van der Waals surface area contributed by atoms with Gasteiger partial charge in [-0.25, -0.2) is 0 Å². The van der Waals surface area contributed by atoms with E-state index < -0.39 is 24.3 Å². The van der Waals surface area contributed by atoms with Crippen LogP contribution in [0.1, 0.15) is 0 Å². The van der Waals surface area contributed by atoms with Gasteiger partial charge in [-0.2, -0.15) is 0 Å². The Bertz CT molecular complexity index is 233. The first-order valence-corrected chi connectivity index (χ1v) is 4.13. The minimum absolute atomic E-state index is 0.0185. The number of thiol groups is 1. The number of aliphatic carboxylic acids is 1. The van der Waals surface area contributed by atoms with Crippen molar-refractivity contribution in [3.05, 3.63) is 0 Å². The number of rotatable bonds is 6. The normalized spacial score (nSPS) is 9.21. The van der Waals surface area contributed by atoms with E-state index in [2.05, 4.69) is 28.2 Å². The molecule has 4 N–H and O–H groups in total. The highest BCUT2D eigenvalue weighted by Gasteiger charge is 2.05. The Morgan fingerprint density at radius 3 is 2.00 bits per heavy atom. The first-order chi connectivity index (χ1) is 6.56. The van der Waals surface area contributed by atoms with Gasteiger partial charge in [0.15, 0.2) is 0 Å². The molecule has 0 saturated carbocycles. The van der Waals surface area contributed by atoms with Crippen LogP contribution in [0.2, 0.25) is 0 Å². The molecule has 0 heterocycles. The SMILES string of the molecule is O=C(O)CNC(=O)CNC(=O)CNS. The molecule has 0 aliphatic carbocycles. The van der Waals surface area contributed by atoms with Gasteiger partial charge in [0.2, 0.25) is 11.8 Å². The van der Waals surface area contributed by atoms with Crippen LogP contribution in [0.15, 0.2) is 0 Å². The fourth-order valence-electron chi connectivity index (χ4n) is 0.550. The third kappa shape index (κ3) is 7.37. The molecule has 0 aliphatic rings. The monoisotopic (exact) mass is 221 g/mol. The predicted molar refractivity (Wildman–Crippen MR) is 50.6 cm³/mol. The smallest absolute Gasteiger partial charge is 0.322 e. The number of hydrogen-bond acceptors (Lipinski definition) is 5. The molecule has 0 atom stereocenters. The van der Waals surface area contributed by atoms with Gasteiger partial charge in [0, 0.05) is 0 Å². The fraction of sp³-hybridized carbons (Fsp3) is 0.500. The third-order valence-corrected chi connectivity index (χ3v) is 1.28. The zero-order valence-electron chi connectivity index (χ0n) is 7.24. The Morgan fingerprint density at radius 2 is 1.50 bits per heavy atom. The van der Waals surface area contributed by atoms with Crippen LogP contribution in [0.5, 0.6) is 0 Å². The molecule has 0 rings (SSSR count). The standard InChI is InChI=1S/C6H11N3O4S/c10-4(8-3-6(12)13)1-7-5(11)2-9-14/h9,14H,1-3H2,(H,7,11)(H,8,10)(H,12,13). The summed E-state index contributed by atoms with van der Waals surface area (Å²) >= 11 is 3.58. The molecule has 8 heteroatoms. The summed E-state index contributed by atoms with van der Waals surface area (Å²) in [5, 5.41) is 12.5. The van der Waals surface area contributed by atoms with E-state index in [1.807, 2.05) is 0 Å². The van der Waals surface area contributed by atoms with Crippen molar-refractivity contribution in [2.75, 3.05) is 19.6 Å². The molecule has 0 aromatic heterocycles. The van der Waals surface area contributed by atoms with Crippen LogP contribution in [-0.4, -0.2) is 42.5 Å². The Kier molecular flexibility index (Phi) is 6.50. The van der Waals surface area contributed by atoms with Gasteiger partial charge >= 0.3 is 5.97 Å². The van der Waals surface area contributed by atoms with Crippen molar-refractivity contribution in [2.24, 2.45) is 0 Å². The summed E-state index contributed by atoms with van der Waals surface area (Å²) in [7, 11) is 0. The van der Waals surface area contributed by atoms with Crippen molar-refractivity contribution < 1.29 is 19.5 Å². The lowest BCUT2D eigenvalue weighted by molar-refractivity contribution is -0.137. The molecule has 7 nitrogen and oxygen atoms in total. The molecule has 0 aliphatic heterocycles. The maximum atomic E-state index is 10.8. The maximum Gasteiger partial charge on any atom is 0.322 e. The van der Waals surface area contributed by atoms with Crippen LogP contribution in [0.25, 0.3) is 0 Å². The molecule has 0 radical (unpaired) electrons. The Hall–Kier alpha value is -1.28. The Labute approximate surface area is 85.8 Å². The van der Waals surface area contributed by atoms with Crippen molar-refractivity contribution in [1.82, 2.24) is 15.4 Å². The van der Waals surface area contributed by atoms with Gasteiger partial charge in [-0.15, -0.1) is 0 Å². The first kappa shape index (κ1) is 12.7. The molecular formula is C6H11N3O4S. The maximum absolute atomic E-state index is 10.8. The van der Waals surface area contributed by atoms with Gasteiger partial charge in [-0.05, 0) is 0 Å². The van der Waals surface area contributed by atoms with Crippen LogP contribution >= 0.6 is 12.8 Å². The summed E-state index contributed by atoms with van der Waals surface area (Å²) in [5.74, 6) is -2.09. The number of nitrogens with one attached hydrogen (secondary N) is 3. The largest absolute Gasteiger partial charge is 0.480 e. The molecular weight excluding hydrogens is 210 g/mol. The topological polar surface area (TPSA) is 108 Å². The summed E-state index contributed by atoms with van der Waals surface area (Å²) in [6, 6.07) is 0. The van der Waals surface area contributed by atoms with E-state index in [1.54, 1.807) is 0 Å². The molecule has 0 unspecified atom stereocenters. The molecule has 0 aromatic rings. The van der Waals surface area contributed by atoms with Crippen LogP contribution in [0.3, 0.4) is 0 Å². The number of carbonyl (C=O) groups is 3. The van der Waals surface area contributed by atoms with Crippen LogP contribution in [0, 0.1) is 0 Å². The minimum atomic E-state index is -1.14. The van der Waals surface area contributed by atoms with E-state index in [4.69, 9.17) is 5.11 Å². The van der Waals surface area contributed by atoms with Crippen molar-refractivity contribution in [3.63, 3.8) is 0 Å². The zero-order chi connectivity index (χ0) is 11.0. The highest BCUT2D eigenvalue weighted by Crippen LogP contribution is 1.69. The number of amides is 2. The summed E-state index contributed by atoms with van der Waals surface area (Å²) in [6.07, 6.45) is 0. The minimum Gasteiger partial charge on any atom is -0.480 e. The van der Waals surface area contributed by atoms with Crippen molar-refractivity contribution >= 4 is 30.6 Å². The van der Waals surface area contributed by atoms with E-state index in [-0.39, 0.29) is 13.1 Å². The summed E-state index contributed by atoms with van der Waals surface area (Å²) < 4.78 is 2.30. The number of carbonyl (C=O) groups excluding carboxylic acids is 2. The fourth-order valence-corrected chi connectivity index (χ4v) is 0.693. The molecule has 2 amide bonds. The Balaban J connectivity index is 3.53. The van der Waals surface area contributed by atoms with Crippen molar-refractivity contribution in [2.45, 2.75) is 0 Å². The lowest BCUT2D eigenvalue weighted by Crippen LogP contribution is -2.40. The van der Waals surface area contributed by atoms with Gasteiger partial charge < -0.3 is 15.7 Å². The second-order valence-electron chi connectivity index (χ2n) is 2.28. The highest BCUT2D eigenvalue weighted by molar-refractivity contribution is 7.78. The second kappa shape index (κ2) is 7.15. The van der Waals surface area contributed by atoms with E-state index in [0.29, 0.717) is 0 Å². The van der Waals surface area contributed by atoms with E-state index in [9.17, 15) is 14.4 Å². The predicted octanol–water partition coefficient (Wildman–Crippen LogP) is -2.26. The average Bonchev–Trinajstić information content (AvgIpc) is 2.12.